The number of nitrogens with zero attached hydrogens (tertiary/aromatic N) is 1. The van der Waals surface area contributed by atoms with E-state index in [-0.39, 0.29) is 47.7 Å². The predicted octanol–water partition coefficient (Wildman–Crippen LogP) is 9.41. The van der Waals surface area contributed by atoms with E-state index in [4.69, 9.17) is 21.4 Å². The number of rotatable bonds is 16. The van der Waals surface area contributed by atoms with Crippen molar-refractivity contribution in [3.05, 3.63) is 124 Å². The Morgan fingerprint density at radius 1 is 0.920 bits per heavy atom. The number of carbonyl (C=O) groups is 2. The maximum atomic E-state index is 15.2. The first-order chi connectivity index (χ1) is 23.4. The van der Waals surface area contributed by atoms with Crippen molar-refractivity contribution in [3.63, 3.8) is 0 Å². The van der Waals surface area contributed by atoms with Crippen LogP contribution in [0.5, 0.6) is 11.5 Å². The number of ketones is 1. The molecular formula is C35H28ClF8NO5. The summed E-state index contributed by atoms with van der Waals surface area (Å²) in [6.07, 6.45) is -9.03. The van der Waals surface area contributed by atoms with E-state index in [0.717, 1.165) is 18.2 Å². The number of carbonyl (C=O) groups excluding carboxylic acids is 1. The monoisotopic (exact) mass is 729 g/mol. The largest absolute Gasteiger partial charge is 0.494 e. The number of hydrogen-bond donors (Lipinski definition) is 1. The van der Waals surface area contributed by atoms with E-state index in [1.807, 2.05) is 0 Å². The quantitative estimate of drug-likeness (QED) is 0.0703. The summed E-state index contributed by atoms with van der Waals surface area (Å²) < 4.78 is 122. The zero-order valence-corrected chi connectivity index (χ0v) is 26.8. The third kappa shape index (κ3) is 9.49. The molecule has 0 spiro atoms. The molecule has 4 rings (SSSR count). The lowest BCUT2D eigenvalue weighted by Gasteiger charge is -2.34. The summed E-state index contributed by atoms with van der Waals surface area (Å²) in [6.45, 7) is 0.509. The Kier molecular flexibility index (Phi) is 11.8. The van der Waals surface area contributed by atoms with Gasteiger partial charge in [-0.15, -0.1) is 0 Å². The van der Waals surface area contributed by atoms with Crippen molar-refractivity contribution >= 4 is 23.4 Å². The molecule has 0 aliphatic heterocycles. The molecule has 0 fully saturated rings. The van der Waals surface area contributed by atoms with Gasteiger partial charge in [0, 0.05) is 43.0 Å². The molecule has 1 heterocycles. The molecule has 1 atom stereocenters. The molecule has 6 nitrogen and oxygen atoms in total. The first-order valence-electron chi connectivity index (χ1n) is 14.8. The van der Waals surface area contributed by atoms with Crippen molar-refractivity contribution in [1.82, 2.24) is 4.98 Å². The highest BCUT2D eigenvalue weighted by molar-refractivity contribution is 6.30. The first kappa shape index (κ1) is 38.1. The van der Waals surface area contributed by atoms with Gasteiger partial charge in [-0.3, -0.25) is 14.6 Å². The molecule has 50 heavy (non-hydrogen) atoms. The molecule has 1 N–H and O–H groups in total. The molecule has 0 unspecified atom stereocenters. The van der Waals surface area contributed by atoms with Gasteiger partial charge in [0.15, 0.2) is 5.78 Å². The molecule has 0 saturated heterocycles. The van der Waals surface area contributed by atoms with E-state index in [1.165, 1.54) is 42.6 Å². The Morgan fingerprint density at radius 2 is 1.62 bits per heavy atom. The molecule has 0 radical (unpaired) electrons. The maximum absolute atomic E-state index is 15.2. The number of aromatic nitrogens is 1. The third-order valence-corrected chi connectivity index (χ3v) is 7.83. The fourth-order valence-electron chi connectivity index (χ4n) is 5.23. The zero-order valence-electron chi connectivity index (χ0n) is 26.0. The maximum Gasteiger partial charge on any atom is 0.461 e. The zero-order chi connectivity index (χ0) is 36.9. The van der Waals surface area contributed by atoms with Gasteiger partial charge < -0.3 is 14.6 Å². The third-order valence-electron chi connectivity index (χ3n) is 7.61. The van der Waals surface area contributed by atoms with E-state index in [0.29, 0.717) is 36.4 Å². The van der Waals surface area contributed by atoms with Crippen LogP contribution in [0.1, 0.15) is 58.9 Å². The first-order valence-corrected chi connectivity index (χ1v) is 15.2. The number of pyridine rings is 1. The van der Waals surface area contributed by atoms with Crippen molar-refractivity contribution in [1.29, 1.82) is 0 Å². The van der Waals surface area contributed by atoms with Crippen LogP contribution in [-0.2, 0) is 22.6 Å². The second-order valence-corrected chi connectivity index (χ2v) is 11.9. The van der Waals surface area contributed by atoms with Crippen LogP contribution in [0.3, 0.4) is 0 Å². The van der Waals surface area contributed by atoms with Crippen LogP contribution in [0.25, 0.3) is 0 Å². The van der Waals surface area contributed by atoms with E-state index in [2.05, 4.69) is 9.72 Å². The van der Waals surface area contributed by atoms with Crippen molar-refractivity contribution in [2.75, 3.05) is 6.61 Å². The molecule has 1 aromatic heterocycles. The lowest BCUT2D eigenvalue weighted by atomic mass is 9.68. The van der Waals surface area contributed by atoms with Crippen molar-refractivity contribution in [2.24, 2.45) is 0 Å². The van der Waals surface area contributed by atoms with Crippen LogP contribution >= 0.6 is 11.6 Å². The van der Waals surface area contributed by atoms with Crippen LogP contribution in [0.2, 0.25) is 5.02 Å². The van der Waals surface area contributed by atoms with Crippen LogP contribution in [0, 0.1) is 11.6 Å². The topological polar surface area (TPSA) is 85.7 Å². The predicted molar refractivity (Wildman–Crippen MR) is 165 cm³/mol. The highest BCUT2D eigenvalue weighted by atomic mass is 35.5. The average molecular weight is 730 g/mol. The molecule has 0 saturated carbocycles. The molecule has 0 amide bonds. The number of hydrogen-bond acceptors (Lipinski definition) is 5. The van der Waals surface area contributed by atoms with Crippen molar-refractivity contribution in [2.45, 2.75) is 56.5 Å². The summed E-state index contributed by atoms with van der Waals surface area (Å²) in [6, 6.07) is 13.3. The number of alkyl halides is 6. The summed E-state index contributed by atoms with van der Waals surface area (Å²) in [5.74, 6) is -8.75. The Hall–Kier alpha value is -4.72. The average Bonchev–Trinajstić information content (AvgIpc) is 3.02. The van der Waals surface area contributed by atoms with Crippen LogP contribution in [0.4, 0.5) is 35.1 Å². The minimum absolute atomic E-state index is 0.00423. The minimum atomic E-state index is -5.03. The number of aliphatic carboxylic acids is 1. The second kappa shape index (κ2) is 15.4. The van der Waals surface area contributed by atoms with Gasteiger partial charge in [-0.25, -0.2) is 17.6 Å². The molecule has 0 aliphatic carbocycles. The van der Waals surface area contributed by atoms with Gasteiger partial charge in [0.25, 0.3) is 5.92 Å². The SMILES string of the molecule is CC(F)(F)c1cc(C(=O)C[C@@](Cc2ccc(OCCCC(=O)O)cc2)(c2cc(F)cc(OC(F)(F)C(F)F)c2)c2ccc(Cl)cn2)ccc1F. The number of Topliss-reactive ketones (excluding diaryl/α,β-unsaturated/α-hetero) is 1. The fraction of sp³-hybridized carbons (Fsp3) is 0.286. The minimum Gasteiger partial charge on any atom is -0.494 e. The second-order valence-electron chi connectivity index (χ2n) is 11.4. The molecular weight excluding hydrogens is 702 g/mol. The van der Waals surface area contributed by atoms with Gasteiger partial charge in [-0.05, 0) is 78.6 Å². The van der Waals surface area contributed by atoms with Gasteiger partial charge >= 0.3 is 18.5 Å². The van der Waals surface area contributed by atoms with Gasteiger partial charge in [0.2, 0.25) is 0 Å². The summed E-state index contributed by atoms with van der Waals surface area (Å²) in [4.78, 5) is 29.1. The molecule has 266 valence electrons. The van der Waals surface area contributed by atoms with Crippen LogP contribution in [0.15, 0.2) is 79.0 Å². The Balaban J connectivity index is 1.88. The number of ether oxygens (including phenoxy) is 2. The van der Waals surface area contributed by atoms with Gasteiger partial charge in [-0.2, -0.15) is 17.6 Å². The van der Waals surface area contributed by atoms with Crippen molar-refractivity contribution < 1.29 is 59.3 Å². The van der Waals surface area contributed by atoms with Crippen LogP contribution in [-0.4, -0.2) is 41.0 Å². The van der Waals surface area contributed by atoms with Gasteiger partial charge in [-0.1, -0.05) is 23.7 Å². The standard InChI is InChI=1S/C35H28ClF8NO5/c1-33(41,42)27-13-21(6-10-28(27)38)29(46)18-34(30-11-7-23(36)19-45-30,17-20-4-8-25(9-5-20)49-12-2-3-31(47)48)22-14-24(37)16-26(15-22)50-35(43,44)32(39)40/h4-11,13-16,19,32H,2-3,12,17-18H2,1H3,(H,47,48)/t34-/m0/s1. The van der Waals surface area contributed by atoms with Gasteiger partial charge in [0.1, 0.15) is 23.1 Å². The highest BCUT2D eigenvalue weighted by Crippen LogP contribution is 2.43. The lowest BCUT2D eigenvalue weighted by Crippen LogP contribution is -2.36. The van der Waals surface area contributed by atoms with Crippen molar-refractivity contribution in [3.8, 4) is 11.5 Å². The van der Waals surface area contributed by atoms with E-state index in [1.54, 1.807) is 0 Å². The number of carboxylic acid groups (broad SMARTS) is 1. The normalized spacial score (nSPS) is 13.2. The smallest absolute Gasteiger partial charge is 0.461 e. The Morgan fingerprint density at radius 3 is 2.22 bits per heavy atom. The summed E-state index contributed by atoms with van der Waals surface area (Å²) in [7, 11) is 0. The molecule has 0 aliphatic rings. The van der Waals surface area contributed by atoms with E-state index < -0.39 is 65.0 Å². The van der Waals surface area contributed by atoms with E-state index in [9.17, 15) is 40.3 Å². The number of carboxylic acids is 1. The summed E-state index contributed by atoms with van der Waals surface area (Å²) in [5, 5.41) is 8.96. The summed E-state index contributed by atoms with van der Waals surface area (Å²) >= 11 is 6.07. The lowest BCUT2D eigenvalue weighted by molar-refractivity contribution is -0.253. The van der Waals surface area contributed by atoms with Crippen LogP contribution < -0.4 is 9.47 Å². The molecule has 15 heteroatoms. The molecule has 3 aromatic carbocycles. The number of benzene rings is 3. The Labute approximate surface area is 285 Å². The van der Waals surface area contributed by atoms with E-state index >= 15 is 4.39 Å². The highest BCUT2D eigenvalue weighted by Gasteiger charge is 2.45. The van der Waals surface area contributed by atoms with Gasteiger partial charge in [0.05, 0.1) is 22.9 Å². The Bertz CT molecular complexity index is 1820. The number of halogens is 9. The fourth-order valence-corrected chi connectivity index (χ4v) is 5.34. The molecule has 0 bridgehead atoms. The molecule has 4 aromatic rings. The summed E-state index contributed by atoms with van der Waals surface area (Å²) in [5.41, 5.74) is -3.13.